The molecule has 2 aromatic carbocycles. The highest BCUT2D eigenvalue weighted by Crippen LogP contribution is 2.26. The molecule has 0 aliphatic carbocycles. The molecule has 0 aromatic heterocycles. The maximum Gasteiger partial charge on any atom is 0.573 e. The van der Waals surface area contributed by atoms with Gasteiger partial charge >= 0.3 is 12.3 Å². The van der Waals surface area contributed by atoms with E-state index in [4.69, 9.17) is 4.74 Å². The van der Waals surface area contributed by atoms with Gasteiger partial charge in [0.15, 0.2) is 6.10 Å². The SMILES string of the molecule is CC(OC(=O)c1cccc(N2CCCS2(=O)=O)c1)C(=O)Nc1ccc(OC(F)(F)F)cc1. The number of nitrogens with one attached hydrogen (secondary N) is 1. The maximum absolute atomic E-state index is 12.4. The summed E-state index contributed by atoms with van der Waals surface area (Å²) in [6.07, 6.45) is -5.57. The number of carbonyl (C=O) groups is 2. The second-order valence-electron chi connectivity index (χ2n) is 6.90. The molecule has 1 fully saturated rings. The van der Waals surface area contributed by atoms with Gasteiger partial charge in [0.1, 0.15) is 5.75 Å². The van der Waals surface area contributed by atoms with E-state index in [2.05, 4.69) is 10.1 Å². The Bertz CT molecular complexity index is 1100. The van der Waals surface area contributed by atoms with Crippen molar-refractivity contribution in [2.24, 2.45) is 0 Å². The van der Waals surface area contributed by atoms with Crippen molar-refractivity contribution in [1.29, 1.82) is 0 Å². The molecule has 1 aliphatic heterocycles. The van der Waals surface area contributed by atoms with Gasteiger partial charge in [0, 0.05) is 12.2 Å². The fourth-order valence-electron chi connectivity index (χ4n) is 2.98. The number of hydrogen-bond acceptors (Lipinski definition) is 6. The normalized spacial score (nSPS) is 16.3. The van der Waals surface area contributed by atoms with Crippen LogP contribution in [0, 0.1) is 0 Å². The van der Waals surface area contributed by atoms with Crippen molar-refractivity contribution in [2.75, 3.05) is 21.9 Å². The molecule has 8 nitrogen and oxygen atoms in total. The van der Waals surface area contributed by atoms with Gasteiger partial charge in [0.05, 0.1) is 17.0 Å². The van der Waals surface area contributed by atoms with Crippen LogP contribution in [0.15, 0.2) is 48.5 Å². The third kappa shape index (κ3) is 5.90. The predicted octanol–water partition coefficient (Wildman–Crippen LogP) is 3.31. The summed E-state index contributed by atoms with van der Waals surface area (Å²) in [6, 6.07) is 10.3. The highest BCUT2D eigenvalue weighted by molar-refractivity contribution is 7.93. The molecule has 172 valence electrons. The smallest absolute Gasteiger partial charge is 0.449 e. The van der Waals surface area contributed by atoms with Crippen LogP contribution in [0.3, 0.4) is 0 Å². The molecule has 3 rings (SSSR count). The number of hydrogen-bond donors (Lipinski definition) is 1. The molecule has 0 saturated carbocycles. The van der Waals surface area contributed by atoms with Crippen molar-refractivity contribution in [3.05, 3.63) is 54.1 Å². The highest BCUT2D eigenvalue weighted by Gasteiger charge is 2.31. The van der Waals surface area contributed by atoms with Gasteiger partial charge in [-0.3, -0.25) is 9.10 Å². The summed E-state index contributed by atoms with van der Waals surface area (Å²) < 4.78 is 70.8. The van der Waals surface area contributed by atoms with Crippen LogP contribution in [-0.2, 0) is 19.6 Å². The summed E-state index contributed by atoms with van der Waals surface area (Å²) in [5.74, 6) is -1.96. The quantitative estimate of drug-likeness (QED) is 0.648. The molecule has 0 radical (unpaired) electrons. The third-order valence-corrected chi connectivity index (χ3v) is 6.35. The minimum absolute atomic E-state index is 0.0299. The van der Waals surface area contributed by atoms with Gasteiger partial charge < -0.3 is 14.8 Å². The minimum Gasteiger partial charge on any atom is -0.449 e. The Labute approximate surface area is 182 Å². The van der Waals surface area contributed by atoms with Crippen LogP contribution in [-0.4, -0.2) is 45.1 Å². The number of anilines is 2. The summed E-state index contributed by atoms with van der Waals surface area (Å²) in [5.41, 5.74) is 0.571. The lowest BCUT2D eigenvalue weighted by Crippen LogP contribution is -2.30. The van der Waals surface area contributed by atoms with E-state index in [-0.39, 0.29) is 17.0 Å². The number of carbonyl (C=O) groups excluding carboxylic acids is 2. The Morgan fingerprint density at radius 2 is 1.81 bits per heavy atom. The number of amides is 1. The van der Waals surface area contributed by atoms with Gasteiger partial charge in [-0.25, -0.2) is 13.2 Å². The molecule has 12 heteroatoms. The Kier molecular flexibility index (Phi) is 6.63. The zero-order valence-electron chi connectivity index (χ0n) is 16.8. The molecule has 1 unspecified atom stereocenters. The first-order valence-electron chi connectivity index (χ1n) is 9.43. The van der Waals surface area contributed by atoms with Crippen molar-refractivity contribution in [2.45, 2.75) is 25.8 Å². The van der Waals surface area contributed by atoms with E-state index in [0.717, 1.165) is 12.1 Å². The van der Waals surface area contributed by atoms with Crippen LogP contribution >= 0.6 is 0 Å². The maximum atomic E-state index is 12.4. The van der Waals surface area contributed by atoms with Gasteiger partial charge in [-0.1, -0.05) is 6.07 Å². The molecule has 1 amide bonds. The molecule has 1 N–H and O–H groups in total. The number of sulfonamides is 1. The lowest BCUT2D eigenvalue weighted by molar-refractivity contribution is -0.274. The van der Waals surface area contributed by atoms with E-state index in [1.165, 1.54) is 41.6 Å². The number of halogens is 3. The van der Waals surface area contributed by atoms with Gasteiger partial charge in [0.25, 0.3) is 5.91 Å². The number of rotatable bonds is 6. The van der Waals surface area contributed by atoms with Gasteiger partial charge in [-0.15, -0.1) is 13.2 Å². The van der Waals surface area contributed by atoms with Gasteiger partial charge in [-0.2, -0.15) is 0 Å². The highest BCUT2D eigenvalue weighted by atomic mass is 32.2. The summed E-state index contributed by atoms with van der Waals surface area (Å²) in [7, 11) is -3.42. The molecule has 1 aliphatic rings. The molecular formula is C20H19F3N2O6S. The van der Waals surface area contributed by atoms with Crippen molar-refractivity contribution in [3.63, 3.8) is 0 Å². The van der Waals surface area contributed by atoms with Crippen LogP contribution < -0.4 is 14.4 Å². The van der Waals surface area contributed by atoms with E-state index in [9.17, 15) is 31.2 Å². The van der Waals surface area contributed by atoms with Crippen LogP contribution in [0.4, 0.5) is 24.5 Å². The fourth-order valence-corrected chi connectivity index (χ4v) is 4.54. The third-order valence-electron chi connectivity index (χ3n) is 4.48. The molecule has 1 heterocycles. The molecule has 0 bridgehead atoms. The van der Waals surface area contributed by atoms with Gasteiger partial charge in [-0.05, 0) is 55.8 Å². The number of nitrogens with zero attached hydrogens (tertiary/aromatic N) is 1. The second kappa shape index (κ2) is 9.07. The average molecular weight is 472 g/mol. The van der Waals surface area contributed by atoms with Crippen LogP contribution in [0.5, 0.6) is 5.75 Å². The monoisotopic (exact) mass is 472 g/mol. The molecule has 1 saturated heterocycles. The number of alkyl halides is 3. The lowest BCUT2D eigenvalue weighted by Gasteiger charge is -2.18. The summed E-state index contributed by atoms with van der Waals surface area (Å²) in [6.45, 7) is 1.63. The van der Waals surface area contributed by atoms with Crippen molar-refractivity contribution in [3.8, 4) is 5.75 Å². The molecule has 2 aromatic rings. The number of benzene rings is 2. The van der Waals surface area contributed by atoms with Crippen molar-refractivity contribution >= 4 is 33.3 Å². The largest absolute Gasteiger partial charge is 0.573 e. The van der Waals surface area contributed by atoms with E-state index in [1.54, 1.807) is 6.07 Å². The van der Waals surface area contributed by atoms with Crippen LogP contribution in [0.1, 0.15) is 23.7 Å². The molecule has 32 heavy (non-hydrogen) atoms. The Hall–Kier alpha value is -3.28. The summed E-state index contributed by atoms with van der Waals surface area (Å²) >= 11 is 0. The van der Waals surface area contributed by atoms with E-state index in [1.807, 2.05) is 0 Å². The topological polar surface area (TPSA) is 102 Å². The van der Waals surface area contributed by atoms with E-state index < -0.39 is 40.1 Å². The first-order chi connectivity index (χ1) is 14.9. The zero-order valence-corrected chi connectivity index (χ0v) is 17.6. The molecule has 1 atom stereocenters. The minimum atomic E-state index is -4.83. The van der Waals surface area contributed by atoms with E-state index >= 15 is 0 Å². The molecule has 0 spiro atoms. The standard InChI is InChI=1S/C20H19F3N2O6S/c1-13(18(26)24-15-6-8-17(9-7-15)31-20(21,22)23)30-19(27)14-4-2-5-16(12-14)25-10-3-11-32(25,28)29/h2,4-9,12-13H,3,10-11H2,1H3,(H,24,26). The van der Waals surface area contributed by atoms with Crippen molar-refractivity contribution < 1.29 is 40.7 Å². The first-order valence-corrected chi connectivity index (χ1v) is 11.0. The number of ether oxygens (including phenoxy) is 2. The first kappa shape index (κ1) is 23.4. The predicted molar refractivity (Wildman–Crippen MR) is 109 cm³/mol. The zero-order chi connectivity index (χ0) is 23.5. The average Bonchev–Trinajstić information content (AvgIpc) is 3.07. The summed E-state index contributed by atoms with van der Waals surface area (Å²) in [4.78, 5) is 24.7. The summed E-state index contributed by atoms with van der Waals surface area (Å²) in [5, 5.41) is 2.41. The Balaban J connectivity index is 1.61. The second-order valence-corrected chi connectivity index (χ2v) is 8.91. The lowest BCUT2D eigenvalue weighted by atomic mass is 10.2. The van der Waals surface area contributed by atoms with Crippen molar-refractivity contribution in [1.82, 2.24) is 0 Å². The number of esters is 1. The van der Waals surface area contributed by atoms with Crippen LogP contribution in [0.25, 0.3) is 0 Å². The van der Waals surface area contributed by atoms with Gasteiger partial charge in [0.2, 0.25) is 10.0 Å². The van der Waals surface area contributed by atoms with E-state index in [0.29, 0.717) is 18.7 Å². The Morgan fingerprint density at radius 1 is 1.12 bits per heavy atom. The van der Waals surface area contributed by atoms with Crippen LogP contribution in [0.2, 0.25) is 0 Å². The molecular weight excluding hydrogens is 453 g/mol. The Morgan fingerprint density at radius 3 is 2.41 bits per heavy atom. The fraction of sp³-hybridized carbons (Fsp3) is 0.300.